The van der Waals surface area contributed by atoms with Crippen molar-refractivity contribution < 1.29 is 9.59 Å². The molecule has 0 spiro atoms. The largest absolute Gasteiger partial charge is 0.353 e. The molecule has 1 aliphatic rings. The SMILES string of the molecule is CCCCCC(C)NC(=O)C1CCN(C(=O)/C=C/c2ccccc2)CC1. The second-order valence-corrected chi connectivity index (χ2v) is 7.25. The molecule has 0 aliphatic carbocycles. The van der Waals surface area contributed by atoms with Crippen LogP contribution in [0.2, 0.25) is 0 Å². The molecule has 1 aliphatic heterocycles. The van der Waals surface area contributed by atoms with Crippen molar-refractivity contribution in [1.82, 2.24) is 10.2 Å². The molecule has 1 fully saturated rings. The van der Waals surface area contributed by atoms with Crippen LogP contribution in [0.4, 0.5) is 0 Å². The fourth-order valence-electron chi connectivity index (χ4n) is 3.33. The van der Waals surface area contributed by atoms with Crippen LogP contribution in [-0.2, 0) is 9.59 Å². The molecule has 1 aromatic carbocycles. The van der Waals surface area contributed by atoms with Crippen LogP contribution in [0.15, 0.2) is 36.4 Å². The standard InChI is InChI=1S/C22H32N2O2/c1-3-4-6-9-18(2)23-22(26)20-14-16-24(17-15-20)21(25)13-12-19-10-7-5-8-11-19/h5,7-8,10-13,18,20H,3-4,6,9,14-17H2,1-2H3,(H,23,26)/b13-12+. The summed E-state index contributed by atoms with van der Waals surface area (Å²) in [5, 5.41) is 3.14. The maximum atomic E-state index is 12.4. The summed E-state index contributed by atoms with van der Waals surface area (Å²) < 4.78 is 0. The van der Waals surface area contributed by atoms with Gasteiger partial charge in [-0.25, -0.2) is 0 Å². The van der Waals surface area contributed by atoms with Gasteiger partial charge >= 0.3 is 0 Å². The zero-order chi connectivity index (χ0) is 18.8. The molecule has 1 unspecified atom stereocenters. The van der Waals surface area contributed by atoms with Crippen LogP contribution < -0.4 is 5.32 Å². The Bertz CT molecular complexity index is 589. The highest BCUT2D eigenvalue weighted by atomic mass is 16.2. The van der Waals surface area contributed by atoms with E-state index in [9.17, 15) is 9.59 Å². The fourth-order valence-corrected chi connectivity index (χ4v) is 3.33. The van der Waals surface area contributed by atoms with Crippen LogP contribution in [-0.4, -0.2) is 35.8 Å². The lowest BCUT2D eigenvalue weighted by Crippen LogP contribution is -2.44. The number of nitrogens with one attached hydrogen (secondary N) is 1. The van der Waals surface area contributed by atoms with E-state index < -0.39 is 0 Å². The minimum atomic E-state index is 0.0284. The number of hydrogen-bond donors (Lipinski definition) is 1. The molecular formula is C22H32N2O2. The lowest BCUT2D eigenvalue weighted by Gasteiger charge is -2.31. The van der Waals surface area contributed by atoms with E-state index in [0.29, 0.717) is 13.1 Å². The Balaban J connectivity index is 1.73. The van der Waals surface area contributed by atoms with Crippen molar-refractivity contribution in [3.05, 3.63) is 42.0 Å². The average molecular weight is 357 g/mol. The zero-order valence-electron chi connectivity index (χ0n) is 16.1. The average Bonchev–Trinajstić information content (AvgIpc) is 2.67. The number of hydrogen-bond acceptors (Lipinski definition) is 2. The van der Waals surface area contributed by atoms with Crippen molar-refractivity contribution in [3.63, 3.8) is 0 Å². The molecule has 1 saturated heterocycles. The highest BCUT2D eigenvalue weighted by Crippen LogP contribution is 2.18. The summed E-state index contributed by atoms with van der Waals surface area (Å²) in [6, 6.07) is 10.1. The second-order valence-electron chi connectivity index (χ2n) is 7.25. The van der Waals surface area contributed by atoms with Gasteiger partial charge in [0, 0.05) is 31.1 Å². The third kappa shape index (κ3) is 6.66. The minimum Gasteiger partial charge on any atom is -0.353 e. The predicted octanol–water partition coefficient (Wildman–Crippen LogP) is 4.02. The summed E-state index contributed by atoms with van der Waals surface area (Å²) >= 11 is 0. The van der Waals surface area contributed by atoms with Crippen molar-refractivity contribution in [3.8, 4) is 0 Å². The number of rotatable bonds is 8. The highest BCUT2D eigenvalue weighted by Gasteiger charge is 2.27. The maximum absolute atomic E-state index is 12.4. The first-order valence-electron chi connectivity index (χ1n) is 9.92. The molecule has 0 aromatic heterocycles. The molecule has 142 valence electrons. The first kappa shape index (κ1) is 20.2. The predicted molar refractivity (Wildman–Crippen MR) is 107 cm³/mol. The van der Waals surface area contributed by atoms with Gasteiger partial charge in [0.25, 0.3) is 0 Å². The third-order valence-corrected chi connectivity index (χ3v) is 5.02. The minimum absolute atomic E-state index is 0.0284. The monoisotopic (exact) mass is 356 g/mol. The van der Waals surface area contributed by atoms with E-state index in [4.69, 9.17) is 0 Å². The number of amides is 2. The summed E-state index contributed by atoms with van der Waals surface area (Å²) in [4.78, 5) is 26.6. The Morgan fingerprint density at radius 3 is 2.54 bits per heavy atom. The van der Waals surface area contributed by atoms with Crippen molar-refractivity contribution in [2.24, 2.45) is 5.92 Å². The molecule has 0 saturated carbocycles. The Morgan fingerprint density at radius 1 is 1.19 bits per heavy atom. The van der Waals surface area contributed by atoms with E-state index in [1.807, 2.05) is 41.3 Å². The summed E-state index contributed by atoms with van der Waals surface area (Å²) in [7, 11) is 0. The number of likely N-dealkylation sites (tertiary alicyclic amines) is 1. The van der Waals surface area contributed by atoms with E-state index >= 15 is 0 Å². The van der Waals surface area contributed by atoms with Crippen molar-refractivity contribution in [2.75, 3.05) is 13.1 Å². The van der Waals surface area contributed by atoms with Gasteiger partial charge < -0.3 is 10.2 Å². The number of nitrogens with zero attached hydrogens (tertiary/aromatic N) is 1. The lowest BCUT2D eigenvalue weighted by molar-refractivity contribution is -0.132. The molecule has 0 radical (unpaired) electrons. The topological polar surface area (TPSA) is 49.4 Å². The lowest BCUT2D eigenvalue weighted by atomic mass is 9.95. The first-order valence-corrected chi connectivity index (χ1v) is 9.92. The molecule has 2 amide bonds. The molecule has 4 heteroatoms. The third-order valence-electron chi connectivity index (χ3n) is 5.02. The van der Waals surface area contributed by atoms with E-state index in [-0.39, 0.29) is 23.8 Å². The van der Waals surface area contributed by atoms with Crippen LogP contribution in [0.25, 0.3) is 6.08 Å². The van der Waals surface area contributed by atoms with E-state index in [0.717, 1.165) is 24.8 Å². The Labute approximate surface area is 157 Å². The number of piperidine rings is 1. The van der Waals surface area contributed by atoms with Crippen LogP contribution in [0.3, 0.4) is 0 Å². The summed E-state index contributed by atoms with van der Waals surface area (Å²) in [5.74, 6) is 0.215. The zero-order valence-corrected chi connectivity index (χ0v) is 16.1. The van der Waals surface area contributed by atoms with E-state index in [1.54, 1.807) is 6.08 Å². The van der Waals surface area contributed by atoms with Gasteiger partial charge in [0.05, 0.1) is 0 Å². The number of benzene rings is 1. The van der Waals surface area contributed by atoms with Crippen molar-refractivity contribution in [2.45, 2.75) is 58.4 Å². The van der Waals surface area contributed by atoms with Gasteiger partial charge in [-0.2, -0.15) is 0 Å². The summed E-state index contributed by atoms with van der Waals surface area (Å²) in [5.41, 5.74) is 1.02. The van der Waals surface area contributed by atoms with E-state index in [1.165, 1.54) is 19.3 Å². The van der Waals surface area contributed by atoms with Crippen LogP contribution >= 0.6 is 0 Å². The van der Waals surface area contributed by atoms with E-state index in [2.05, 4.69) is 19.2 Å². The van der Waals surface area contributed by atoms with Crippen molar-refractivity contribution >= 4 is 17.9 Å². The van der Waals surface area contributed by atoms with Gasteiger partial charge in [0.2, 0.25) is 11.8 Å². The normalized spacial score (nSPS) is 16.6. The van der Waals surface area contributed by atoms with Crippen LogP contribution in [0.5, 0.6) is 0 Å². The molecule has 2 rings (SSSR count). The molecule has 4 nitrogen and oxygen atoms in total. The smallest absolute Gasteiger partial charge is 0.246 e. The quantitative estimate of drug-likeness (QED) is 0.565. The van der Waals surface area contributed by atoms with Gasteiger partial charge in [0.1, 0.15) is 0 Å². The van der Waals surface area contributed by atoms with Crippen LogP contribution in [0, 0.1) is 5.92 Å². The summed E-state index contributed by atoms with van der Waals surface area (Å²) in [6.07, 6.45) is 9.60. The Hall–Kier alpha value is -2.10. The summed E-state index contributed by atoms with van der Waals surface area (Å²) in [6.45, 7) is 5.58. The Kier molecular flexibility index (Phi) is 8.39. The van der Waals surface area contributed by atoms with Gasteiger partial charge in [-0.1, -0.05) is 56.5 Å². The van der Waals surface area contributed by atoms with Gasteiger partial charge in [0.15, 0.2) is 0 Å². The molecule has 26 heavy (non-hydrogen) atoms. The van der Waals surface area contributed by atoms with Gasteiger partial charge in [-0.3, -0.25) is 9.59 Å². The number of carbonyl (C=O) groups excluding carboxylic acids is 2. The van der Waals surface area contributed by atoms with Crippen LogP contribution in [0.1, 0.15) is 57.9 Å². The highest BCUT2D eigenvalue weighted by molar-refractivity contribution is 5.92. The molecule has 1 atom stereocenters. The molecule has 1 aromatic rings. The number of carbonyl (C=O) groups is 2. The molecule has 1 heterocycles. The van der Waals surface area contributed by atoms with Gasteiger partial charge in [-0.15, -0.1) is 0 Å². The Morgan fingerprint density at radius 2 is 1.88 bits per heavy atom. The van der Waals surface area contributed by atoms with Crippen molar-refractivity contribution in [1.29, 1.82) is 0 Å². The molecule has 1 N–H and O–H groups in total. The molecular weight excluding hydrogens is 324 g/mol. The molecule has 0 bridgehead atoms. The number of unbranched alkanes of at least 4 members (excludes halogenated alkanes) is 2. The maximum Gasteiger partial charge on any atom is 0.246 e. The van der Waals surface area contributed by atoms with Gasteiger partial charge in [-0.05, 0) is 37.8 Å². The first-order chi connectivity index (χ1) is 12.6. The second kappa shape index (κ2) is 10.8. The fraction of sp³-hybridized carbons (Fsp3) is 0.545.